The first-order valence-corrected chi connectivity index (χ1v) is 8.21. The van der Waals surface area contributed by atoms with Gasteiger partial charge in [0.15, 0.2) is 6.29 Å². The van der Waals surface area contributed by atoms with Crippen LogP contribution in [-0.2, 0) is 23.8 Å². The van der Waals surface area contributed by atoms with Gasteiger partial charge in [0.25, 0.3) is 0 Å². The van der Waals surface area contributed by atoms with Gasteiger partial charge in [-0.1, -0.05) is 0 Å². The average molecular weight is 397 g/mol. The molecule has 12 nitrogen and oxygen atoms in total. The Balaban J connectivity index is 3.06. The zero-order valence-corrected chi connectivity index (χ0v) is 14.9. The van der Waals surface area contributed by atoms with Gasteiger partial charge >= 0.3 is 0 Å². The van der Waals surface area contributed by atoms with Crippen LogP contribution in [0, 0.1) is 0 Å². The Bertz CT molecular complexity index is 479. The maximum Gasteiger partial charge on any atom is 0.217 e. The zero-order valence-electron chi connectivity index (χ0n) is 14.9. The highest BCUT2D eigenvalue weighted by Crippen LogP contribution is 2.26. The van der Waals surface area contributed by atoms with E-state index in [-0.39, 0.29) is 6.29 Å². The Hall–Kier alpha value is -1.22. The third-order valence-electron chi connectivity index (χ3n) is 4.18. The van der Waals surface area contributed by atoms with E-state index in [1.165, 1.54) is 7.11 Å². The normalized spacial score (nSPS) is 33.0. The molecule has 0 saturated carbocycles. The third kappa shape index (κ3) is 5.88. The van der Waals surface area contributed by atoms with E-state index in [9.17, 15) is 40.2 Å². The highest BCUT2D eigenvalue weighted by atomic mass is 16.7. The van der Waals surface area contributed by atoms with Crippen LogP contribution in [0.2, 0.25) is 0 Å². The Morgan fingerprint density at radius 3 is 2.33 bits per heavy atom. The first-order chi connectivity index (χ1) is 12.7. The topological polar surface area (TPSA) is 195 Å². The number of amides is 1. The average Bonchev–Trinajstić information content (AvgIpc) is 2.65. The number of aldehydes is 1. The van der Waals surface area contributed by atoms with E-state index in [0.717, 1.165) is 6.92 Å². The minimum absolute atomic E-state index is 0.219. The molecule has 27 heavy (non-hydrogen) atoms. The Labute approximate surface area is 155 Å². The number of aliphatic hydroxyl groups excluding tert-OH is 6. The number of rotatable bonds is 10. The fourth-order valence-corrected chi connectivity index (χ4v) is 2.71. The van der Waals surface area contributed by atoms with Crippen molar-refractivity contribution in [3.63, 3.8) is 0 Å². The molecule has 1 rings (SSSR count). The maximum absolute atomic E-state index is 11.2. The second-order valence-electron chi connectivity index (χ2n) is 6.11. The monoisotopic (exact) mass is 397 g/mol. The van der Waals surface area contributed by atoms with Crippen LogP contribution in [0.4, 0.5) is 0 Å². The van der Waals surface area contributed by atoms with Crippen molar-refractivity contribution in [1.82, 2.24) is 5.32 Å². The summed E-state index contributed by atoms with van der Waals surface area (Å²) < 4.78 is 15.7. The fraction of sp³-hybridized carbons (Fsp3) is 0.867. The number of methoxy groups -OCH3 is 1. The first kappa shape index (κ1) is 23.8. The highest BCUT2D eigenvalue weighted by Gasteiger charge is 2.47. The van der Waals surface area contributed by atoms with Gasteiger partial charge in [-0.05, 0) is 0 Å². The van der Waals surface area contributed by atoms with Crippen molar-refractivity contribution in [2.75, 3.05) is 20.3 Å². The molecule has 1 saturated heterocycles. The smallest absolute Gasteiger partial charge is 0.217 e. The molecule has 0 spiro atoms. The van der Waals surface area contributed by atoms with Crippen molar-refractivity contribution in [2.24, 2.45) is 0 Å². The molecule has 158 valence electrons. The number of ether oxygens (including phenoxy) is 3. The molecule has 0 aromatic carbocycles. The van der Waals surface area contributed by atoms with E-state index in [2.05, 4.69) is 5.32 Å². The van der Waals surface area contributed by atoms with Crippen molar-refractivity contribution < 1.29 is 54.4 Å². The van der Waals surface area contributed by atoms with Gasteiger partial charge in [-0.25, -0.2) is 0 Å². The number of carbonyl (C=O) groups is 2. The van der Waals surface area contributed by atoms with Gasteiger partial charge in [-0.2, -0.15) is 0 Å². The van der Waals surface area contributed by atoms with Gasteiger partial charge in [-0.3, -0.25) is 4.79 Å². The predicted molar refractivity (Wildman–Crippen MR) is 86.2 cm³/mol. The summed E-state index contributed by atoms with van der Waals surface area (Å²) in [6.07, 6.45) is -12.0. The van der Waals surface area contributed by atoms with Gasteiger partial charge in [0.1, 0.15) is 55.1 Å². The number of hydrogen-bond donors (Lipinski definition) is 7. The summed E-state index contributed by atoms with van der Waals surface area (Å²) in [7, 11) is 1.18. The second-order valence-corrected chi connectivity index (χ2v) is 6.11. The molecule has 12 heteroatoms. The summed E-state index contributed by atoms with van der Waals surface area (Å²) in [5, 5.41) is 60.9. The van der Waals surface area contributed by atoms with Crippen molar-refractivity contribution in [1.29, 1.82) is 0 Å². The molecule has 7 N–H and O–H groups in total. The molecular formula is C15H27NO11. The van der Waals surface area contributed by atoms with Gasteiger partial charge in [-0.15, -0.1) is 0 Å². The van der Waals surface area contributed by atoms with Crippen LogP contribution in [0.5, 0.6) is 0 Å². The van der Waals surface area contributed by atoms with Crippen LogP contribution in [0.1, 0.15) is 6.92 Å². The molecule has 1 fully saturated rings. The van der Waals surface area contributed by atoms with Crippen LogP contribution in [0.25, 0.3) is 0 Å². The standard InChI is InChI=1S/C15H27NO11/c1-6(20)16-7(3-17)10(22)13(8(21)4-18)27-15-14(25-2)12(24)11(23)9(5-19)26-15/h3,7-15,18-19,21-24H,4-5H2,1-2H3,(H,16,20). The van der Waals surface area contributed by atoms with Gasteiger partial charge in [0.2, 0.25) is 5.91 Å². The number of nitrogens with one attached hydrogen (secondary N) is 1. The molecular weight excluding hydrogens is 370 g/mol. The van der Waals surface area contributed by atoms with Gasteiger partial charge in [0, 0.05) is 14.0 Å². The van der Waals surface area contributed by atoms with Crippen LogP contribution in [0.3, 0.4) is 0 Å². The summed E-state index contributed by atoms with van der Waals surface area (Å²) in [5.41, 5.74) is 0. The van der Waals surface area contributed by atoms with Crippen LogP contribution >= 0.6 is 0 Å². The minimum Gasteiger partial charge on any atom is -0.394 e. The fourth-order valence-electron chi connectivity index (χ4n) is 2.71. The summed E-state index contributed by atoms with van der Waals surface area (Å²) in [6, 6.07) is -1.47. The van der Waals surface area contributed by atoms with Crippen LogP contribution in [0.15, 0.2) is 0 Å². The van der Waals surface area contributed by atoms with Gasteiger partial charge < -0.3 is 55.0 Å². The molecule has 1 aliphatic rings. The van der Waals surface area contributed by atoms with E-state index in [1.54, 1.807) is 0 Å². The first-order valence-electron chi connectivity index (χ1n) is 8.21. The lowest BCUT2D eigenvalue weighted by Gasteiger charge is -2.43. The summed E-state index contributed by atoms with van der Waals surface area (Å²) in [4.78, 5) is 22.3. The molecule has 9 atom stereocenters. The quantitative estimate of drug-likeness (QED) is 0.175. The van der Waals surface area contributed by atoms with Crippen molar-refractivity contribution in [3.05, 3.63) is 0 Å². The molecule has 9 unspecified atom stereocenters. The summed E-state index contributed by atoms with van der Waals surface area (Å²) in [5.74, 6) is -0.633. The number of aliphatic hydroxyl groups is 6. The van der Waals surface area contributed by atoms with E-state index >= 15 is 0 Å². The molecule has 1 heterocycles. The Morgan fingerprint density at radius 2 is 1.89 bits per heavy atom. The molecule has 0 radical (unpaired) electrons. The van der Waals surface area contributed by atoms with E-state index in [1.807, 2.05) is 0 Å². The molecule has 0 bridgehead atoms. The molecule has 0 aromatic heterocycles. The van der Waals surface area contributed by atoms with E-state index in [4.69, 9.17) is 14.2 Å². The summed E-state index contributed by atoms with van der Waals surface area (Å²) >= 11 is 0. The van der Waals surface area contributed by atoms with Crippen molar-refractivity contribution in [3.8, 4) is 0 Å². The van der Waals surface area contributed by atoms with E-state index < -0.39 is 74.2 Å². The Morgan fingerprint density at radius 1 is 1.26 bits per heavy atom. The molecule has 1 amide bonds. The lowest BCUT2D eigenvalue weighted by Crippen LogP contribution is -2.62. The molecule has 0 aliphatic carbocycles. The predicted octanol–water partition coefficient (Wildman–Crippen LogP) is -4.76. The summed E-state index contributed by atoms with van der Waals surface area (Å²) in [6.45, 7) is -0.435. The highest BCUT2D eigenvalue weighted by molar-refractivity contribution is 5.77. The van der Waals surface area contributed by atoms with Crippen LogP contribution in [-0.4, -0.2) is 118 Å². The number of hydrogen-bond acceptors (Lipinski definition) is 11. The van der Waals surface area contributed by atoms with E-state index in [0.29, 0.717) is 0 Å². The maximum atomic E-state index is 11.2. The SMILES string of the molecule is COC1C(OC(C(O)CO)C(O)C(C=O)NC(C)=O)OC(CO)C(O)C1O. The van der Waals surface area contributed by atoms with Crippen molar-refractivity contribution in [2.45, 2.75) is 62.0 Å². The zero-order chi connectivity index (χ0) is 20.7. The Kier molecular flexibility index (Phi) is 9.66. The largest absolute Gasteiger partial charge is 0.394 e. The second kappa shape index (κ2) is 10.9. The minimum atomic E-state index is -1.80. The lowest BCUT2D eigenvalue weighted by molar-refractivity contribution is -0.328. The number of carbonyl (C=O) groups excluding carboxylic acids is 2. The van der Waals surface area contributed by atoms with Crippen molar-refractivity contribution >= 4 is 12.2 Å². The third-order valence-corrected chi connectivity index (χ3v) is 4.18. The molecule has 1 aliphatic heterocycles. The van der Waals surface area contributed by atoms with Gasteiger partial charge in [0.05, 0.1) is 13.2 Å². The lowest BCUT2D eigenvalue weighted by atomic mass is 9.98. The molecule has 0 aromatic rings. The van der Waals surface area contributed by atoms with Crippen LogP contribution < -0.4 is 5.32 Å².